The molecule has 174 valence electrons. The molecule has 0 amide bonds. The first kappa shape index (κ1) is 29.0. The minimum Gasteiger partial charge on any atom is -0.331 e. The first-order chi connectivity index (χ1) is 13.8. The summed E-state index contributed by atoms with van der Waals surface area (Å²) in [6.07, 6.45) is 19.5. The molecule has 0 aliphatic heterocycles. The van der Waals surface area contributed by atoms with E-state index in [1.807, 2.05) is 0 Å². The monoisotopic (exact) mass is 428 g/mol. The smallest absolute Gasteiger partial charge is 0.188 e. The average molecular weight is 429 g/mol. The Morgan fingerprint density at radius 2 is 1.21 bits per heavy atom. The normalized spacial score (nSPS) is 14.1. The van der Waals surface area contributed by atoms with Crippen LogP contribution in [0.2, 0.25) is 0 Å². The molecule has 0 N–H and O–H groups in total. The van der Waals surface area contributed by atoms with Crippen LogP contribution in [0.4, 0.5) is 0 Å². The highest BCUT2D eigenvalue weighted by Gasteiger charge is 2.12. The van der Waals surface area contributed by atoms with Gasteiger partial charge in [-0.05, 0) is 18.3 Å². The van der Waals surface area contributed by atoms with Gasteiger partial charge in [0.1, 0.15) is 0 Å². The van der Waals surface area contributed by atoms with Crippen LogP contribution in [-0.2, 0) is 4.79 Å². The van der Waals surface area contributed by atoms with Crippen LogP contribution >= 0.6 is 11.8 Å². The van der Waals surface area contributed by atoms with E-state index < -0.39 is 0 Å². The Labute approximate surface area is 188 Å². The Morgan fingerprint density at radius 3 is 1.72 bits per heavy atom. The number of carbonyl (C=O) groups excluding carboxylic acids is 1. The third-order valence-corrected chi connectivity index (χ3v) is 7.28. The minimum atomic E-state index is 0.406. The van der Waals surface area contributed by atoms with Crippen LogP contribution in [-0.4, -0.2) is 43.0 Å². The van der Waals surface area contributed by atoms with E-state index in [0.717, 1.165) is 47.9 Å². The molecule has 0 fully saturated rings. The SMILES string of the molecule is CCCCCCCCC(C)C(C)CCCCCCCC(=O)SCCC[N+](C)(C)C. The average Bonchev–Trinajstić information content (AvgIpc) is 2.66. The summed E-state index contributed by atoms with van der Waals surface area (Å²) in [4.78, 5) is 11.9. The zero-order valence-electron chi connectivity index (χ0n) is 20.9. The fourth-order valence-corrected chi connectivity index (χ4v) is 4.67. The highest BCUT2D eigenvalue weighted by Crippen LogP contribution is 2.24. The van der Waals surface area contributed by atoms with Crippen LogP contribution in [0, 0.1) is 11.8 Å². The molecule has 0 rings (SSSR count). The molecule has 3 heteroatoms. The highest BCUT2D eigenvalue weighted by molar-refractivity contribution is 8.13. The van der Waals surface area contributed by atoms with Gasteiger partial charge in [-0.3, -0.25) is 4.79 Å². The van der Waals surface area contributed by atoms with Gasteiger partial charge in [0.25, 0.3) is 0 Å². The number of hydrogen-bond donors (Lipinski definition) is 0. The Balaban J connectivity index is 3.46. The molecule has 0 bridgehead atoms. The van der Waals surface area contributed by atoms with Gasteiger partial charge < -0.3 is 4.48 Å². The molecule has 0 aliphatic rings. The number of carbonyl (C=O) groups is 1. The van der Waals surface area contributed by atoms with E-state index in [1.165, 1.54) is 77.0 Å². The lowest BCUT2D eigenvalue weighted by atomic mass is 9.86. The molecule has 29 heavy (non-hydrogen) atoms. The summed E-state index contributed by atoms with van der Waals surface area (Å²) in [5, 5.41) is 0.406. The summed E-state index contributed by atoms with van der Waals surface area (Å²) in [5.41, 5.74) is 0. The standard InChI is InChI=1S/C26H54NOS/c1-7-8-9-10-12-15-19-24(2)25(3)20-16-13-11-14-17-21-26(28)29-23-18-22-27(4,5)6/h24-25H,7-23H2,1-6H3/q+1. The lowest BCUT2D eigenvalue weighted by Crippen LogP contribution is -2.35. The summed E-state index contributed by atoms with van der Waals surface area (Å²) >= 11 is 1.56. The molecule has 0 spiro atoms. The third kappa shape index (κ3) is 21.0. The Hall–Kier alpha value is -0.0200. The Morgan fingerprint density at radius 1 is 0.724 bits per heavy atom. The molecule has 0 saturated heterocycles. The second kappa shape index (κ2) is 18.7. The molecular formula is C26H54NOS+. The molecule has 2 unspecified atom stereocenters. The minimum absolute atomic E-state index is 0.406. The summed E-state index contributed by atoms with van der Waals surface area (Å²) in [6.45, 7) is 8.35. The predicted octanol–water partition coefficient (Wildman–Crippen LogP) is 8.10. The van der Waals surface area contributed by atoms with Crippen LogP contribution in [0.25, 0.3) is 0 Å². The molecule has 0 aromatic rings. The maximum atomic E-state index is 11.9. The summed E-state index contributed by atoms with van der Waals surface area (Å²) < 4.78 is 0.991. The highest BCUT2D eigenvalue weighted by atomic mass is 32.2. The van der Waals surface area contributed by atoms with Gasteiger partial charge >= 0.3 is 0 Å². The first-order valence-corrected chi connectivity index (χ1v) is 13.7. The topological polar surface area (TPSA) is 17.1 Å². The van der Waals surface area contributed by atoms with Gasteiger partial charge in [0.15, 0.2) is 5.12 Å². The van der Waals surface area contributed by atoms with Crippen molar-refractivity contribution >= 4 is 16.9 Å². The fourth-order valence-electron chi connectivity index (χ4n) is 3.88. The number of rotatable bonds is 20. The maximum Gasteiger partial charge on any atom is 0.188 e. The number of quaternary nitrogens is 1. The molecule has 2 atom stereocenters. The number of unbranched alkanes of at least 4 members (excludes halogenated alkanes) is 9. The van der Waals surface area contributed by atoms with Crippen LogP contribution < -0.4 is 0 Å². The first-order valence-electron chi connectivity index (χ1n) is 12.7. The van der Waals surface area contributed by atoms with Gasteiger partial charge in [-0.2, -0.15) is 0 Å². The van der Waals surface area contributed by atoms with Gasteiger partial charge in [0.05, 0.1) is 27.7 Å². The number of hydrogen-bond acceptors (Lipinski definition) is 2. The van der Waals surface area contributed by atoms with Crippen LogP contribution in [0.15, 0.2) is 0 Å². The van der Waals surface area contributed by atoms with E-state index in [2.05, 4.69) is 41.9 Å². The molecule has 0 aliphatic carbocycles. The Kier molecular flexibility index (Phi) is 18.7. The van der Waals surface area contributed by atoms with E-state index in [0.29, 0.717) is 5.12 Å². The summed E-state index contributed by atoms with van der Waals surface area (Å²) in [7, 11) is 6.64. The summed E-state index contributed by atoms with van der Waals surface area (Å²) in [6, 6.07) is 0. The van der Waals surface area contributed by atoms with Crippen molar-refractivity contribution in [3.05, 3.63) is 0 Å². The lowest BCUT2D eigenvalue weighted by Gasteiger charge is -2.23. The van der Waals surface area contributed by atoms with E-state index in [1.54, 1.807) is 11.8 Å². The van der Waals surface area contributed by atoms with Crippen molar-refractivity contribution in [2.24, 2.45) is 11.8 Å². The van der Waals surface area contributed by atoms with Crippen molar-refractivity contribution in [3.63, 3.8) is 0 Å². The van der Waals surface area contributed by atoms with Gasteiger partial charge in [0.2, 0.25) is 0 Å². The largest absolute Gasteiger partial charge is 0.331 e. The van der Waals surface area contributed by atoms with Crippen LogP contribution in [0.3, 0.4) is 0 Å². The van der Waals surface area contributed by atoms with Crippen molar-refractivity contribution in [1.82, 2.24) is 0 Å². The second-order valence-electron chi connectivity index (χ2n) is 10.4. The van der Waals surface area contributed by atoms with E-state index in [4.69, 9.17) is 0 Å². The zero-order chi connectivity index (χ0) is 22.0. The fraction of sp³-hybridized carbons (Fsp3) is 0.962. The number of nitrogens with zero attached hydrogens (tertiary/aromatic N) is 1. The number of thioether (sulfide) groups is 1. The molecular weight excluding hydrogens is 374 g/mol. The molecule has 0 heterocycles. The summed E-state index contributed by atoms with van der Waals surface area (Å²) in [5.74, 6) is 2.74. The van der Waals surface area contributed by atoms with E-state index >= 15 is 0 Å². The van der Waals surface area contributed by atoms with Crippen molar-refractivity contribution in [1.29, 1.82) is 0 Å². The molecule has 2 nitrogen and oxygen atoms in total. The van der Waals surface area contributed by atoms with E-state index in [-0.39, 0.29) is 0 Å². The van der Waals surface area contributed by atoms with E-state index in [9.17, 15) is 4.79 Å². The van der Waals surface area contributed by atoms with Crippen molar-refractivity contribution < 1.29 is 9.28 Å². The lowest BCUT2D eigenvalue weighted by molar-refractivity contribution is -0.870. The van der Waals surface area contributed by atoms with Gasteiger partial charge in [-0.1, -0.05) is 110 Å². The molecule has 0 aromatic heterocycles. The van der Waals surface area contributed by atoms with Gasteiger partial charge in [-0.15, -0.1) is 0 Å². The molecule has 0 aromatic carbocycles. The van der Waals surface area contributed by atoms with Crippen molar-refractivity contribution in [2.75, 3.05) is 33.4 Å². The third-order valence-electron chi connectivity index (χ3n) is 6.26. The molecule has 0 saturated carbocycles. The maximum absolute atomic E-state index is 11.9. The zero-order valence-corrected chi connectivity index (χ0v) is 21.8. The Bertz CT molecular complexity index is 377. The second-order valence-corrected chi connectivity index (χ2v) is 11.6. The molecule has 0 radical (unpaired) electrons. The van der Waals surface area contributed by atoms with Crippen LogP contribution in [0.1, 0.15) is 117 Å². The predicted molar refractivity (Wildman–Crippen MR) is 134 cm³/mol. The van der Waals surface area contributed by atoms with Crippen molar-refractivity contribution in [3.8, 4) is 0 Å². The quantitative estimate of drug-likeness (QED) is 0.144. The van der Waals surface area contributed by atoms with Gasteiger partial charge in [0, 0.05) is 18.6 Å². The van der Waals surface area contributed by atoms with Gasteiger partial charge in [-0.25, -0.2) is 0 Å². The van der Waals surface area contributed by atoms with Crippen LogP contribution in [0.5, 0.6) is 0 Å². The van der Waals surface area contributed by atoms with Crippen molar-refractivity contribution in [2.45, 2.75) is 117 Å².